The third-order valence-electron chi connectivity index (χ3n) is 4.33. The molecule has 4 heteroatoms. The number of carbonyl (C=O) groups is 1. The van der Waals surface area contributed by atoms with Gasteiger partial charge >= 0.3 is 6.09 Å². The molecule has 3 aliphatic rings. The van der Waals surface area contributed by atoms with Gasteiger partial charge in [0.25, 0.3) is 0 Å². The topological polar surface area (TPSA) is 41.6 Å². The molecule has 1 N–H and O–H groups in total. The second-order valence-corrected chi connectivity index (χ2v) is 6.74. The number of hydrogen-bond acceptors (Lipinski definition) is 3. The summed E-state index contributed by atoms with van der Waals surface area (Å²) in [4.78, 5) is 13.9. The average Bonchev–Trinajstić information content (AvgIpc) is 2.61. The lowest BCUT2D eigenvalue weighted by Crippen LogP contribution is -2.54. The van der Waals surface area contributed by atoms with Crippen molar-refractivity contribution in [1.29, 1.82) is 0 Å². The van der Waals surface area contributed by atoms with Gasteiger partial charge in [0, 0.05) is 19.1 Å². The predicted octanol–water partition coefficient (Wildman–Crippen LogP) is 1.46. The van der Waals surface area contributed by atoms with Gasteiger partial charge in [-0.05, 0) is 51.5 Å². The van der Waals surface area contributed by atoms with Gasteiger partial charge in [-0.1, -0.05) is 0 Å². The van der Waals surface area contributed by atoms with Gasteiger partial charge in [0.2, 0.25) is 0 Å². The predicted molar refractivity (Wildman–Crippen MR) is 64.7 cm³/mol. The maximum absolute atomic E-state index is 12.0. The number of likely N-dealkylation sites (tertiary alicyclic amines) is 1. The summed E-state index contributed by atoms with van der Waals surface area (Å²) < 4.78 is 5.43. The van der Waals surface area contributed by atoms with Crippen LogP contribution in [0.5, 0.6) is 0 Å². The molecule has 0 aromatic rings. The van der Waals surface area contributed by atoms with Crippen LogP contribution in [0, 0.1) is 17.8 Å². The van der Waals surface area contributed by atoms with E-state index in [1.54, 1.807) is 0 Å². The first-order chi connectivity index (χ1) is 7.94. The molecular formula is C13H22N2O2. The first-order valence-electron chi connectivity index (χ1n) is 6.65. The van der Waals surface area contributed by atoms with Gasteiger partial charge in [0.05, 0.1) is 0 Å². The second-order valence-electron chi connectivity index (χ2n) is 6.74. The smallest absolute Gasteiger partial charge is 0.410 e. The van der Waals surface area contributed by atoms with E-state index >= 15 is 0 Å². The molecule has 1 amide bonds. The van der Waals surface area contributed by atoms with E-state index in [9.17, 15) is 4.79 Å². The van der Waals surface area contributed by atoms with E-state index < -0.39 is 0 Å². The molecular weight excluding hydrogens is 216 g/mol. The van der Waals surface area contributed by atoms with E-state index in [2.05, 4.69) is 5.32 Å². The Morgan fingerprint density at radius 2 is 2.06 bits per heavy atom. The summed E-state index contributed by atoms with van der Waals surface area (Å²) in [6.45, 7) is 8.73. The molecule has 4 atom stereocenters. The van der Waals surface area contributed by atoms with Gasteiger partial charge in [-0.3, -0.25) is 0 Å². The van der Waals surface area contributed by atoms with Crippen molar-refractivity contribution in [3.63, 3.8) is 0 Å². The van der Waals surface area contributed by atoms with Gasteiger partial charge in [-0.15, -0.1) is 0 Å². The zero-order valence-corrected chi connectivity index (χ0v) is 10.9. The maximum atomic E-state index is 12.0. The van der Waals surface area contributed by atoms with Crippen molar-refractivity contribution in [1.82, 2.24) is 10.2 Å². The third kappa shape index (κ3) is 1.92. The molecule has 2 aliphatic heterocycles. The molecule has 2 saturated heterocycles. The van der Waals surface area contributed by atoms with Gasteiger partial charge in [0.15, 0.2) is 0 Å². The Labute approximate surface area is 103 Å². The average molecular weight is 238 g/mol. The highest BCUT2D eigenvalue weighted by atomic mass is 16.6. The van der Waals surface area contributed by atoms with E-state index in [0.29, 0.717) is 17.9 Å². The summed E-state index contributed by atoms with van der Waals surface area (Å²) in [6.07, 6.45) is 1.16. The summed E-state index contributed by atoms with van der Waals surface area (Å²) in [7, 11) is 0. The fraction of sp³-hybridized carbons (Fsp3) is 0.923. The zero-order chi connectivity index (χ0) is 12.2. The van der Waals surface area contributed by atoms with Crippen LogP contribution >= 0.6 is 0 Å². The summed E-state index contributed by atoms with van der Waals surface area (Å²) in [6, 6.07) is 0.674. The van der Waals surface area contributed by atoms with E-state index in [0.717, 1.165) is 19.0 Å². The number of carbonyl (C=O) groups excluding carboxylic acids is 1. The normalized spacial score (nSPS) is 39.6. The molecule has 0 spiro atoms. The van der Waals surface area contributed by atoms with Crippen LogP contribution in [0.2, 0.25) is 0 Å². The van der Waals surface area contributed by atoms with Gasteiger partial charge < -0.3 is 15.0 Å². The molecule has 0 bridgehead atoms. The van der Waals surface area contributed by atoms with E-state index in [-0.39, 0.29) is 11.7 Å². The lowest BCUT2D eigenvalue weighted by Gasteiger charge is -2.36. The minimum Gasteiger partial charge on any atom is -0.444 e. The number of ether oxygens (including phenoxy) is 1. The largest absolute Gasteiger partial charge is 0.444 e. The van der Waals surface area contributed by atoms with Gasteiger partial charge in [-0.2, -0.15) is 0 Å². The van der Waals surface area contributed by atoms with E-state index in [1.807, 2.05) is 25.7 Å². The molecule has 17 heavy (non-hydrogen) atoms. The van der Waals surface area contributed by atoms with Crippen LogP contribution in [-0.4, -0.2) is 42.3 Å². The quantitative estimate of drug-likeness (QED) is 0.694. The summed E-state index contributed by atoms with van der Waals surface area (Å²) in [5.74, 6) is 2.25. The van der Waals surface area contributed by atoms with E-state index in [4.69, 9.17) is 4.74 Å². The number of amides is 1. The SMILES string of the molecule is CC(C)(C)OC(=O)N1C[C@H]2C[C@@H]3CN[C@@H]3[C@H]2C1. The summed E-state index contributed by atoms with van der Waals surface area (Å²) >= 11 is 0. The highest BCUT2D eigenvalue weighted by Gasteiger charge is 2.52. The van der Waals surface area contributed by atoms with Crippen molar-refractivity contribution < 1.29 is 9.53 Å². The molecule has 4 nitrogen and oxygen atoms in total. The first kappa shape index (κ1) is 11.3. The van der Waals surface area contributed by atoms with Crippen LogP contribution in [0.25, 0.3) is 0 Å². The highest BCUT2D eigenvalue weighted by molar-refractivity contribution is 5.68. The minimum absolute atomic E-state index is 0.136. The minimum atomic E-state index is -0.383. The number of hydrogen-bond donors (Lipinski definition) is 1. The molecule has 0 radical (unpaired) electrons. The van der Waals surface area contributed by atoms with Crippen molar-refractivity contribution >= 4 is 6.09 Å². The van der Waals surface area contributed by atoms with Crippen molar-refractivity contribution in [3.05, 3.63) is 0 Å². The van der Waals surface area contributed by atoms with Crippen LogP contribution in [0.15, 0.2) is 0 Å². The summed E-state index contributed by atoms with van der Waals surface area (Å²) in [5, 5.41) is 3.51. The lowest BCUT2D eigenvalue weighted by atomic mass is 9.90. The Morgan fingerprint density at radius 1 is 1.29 bits per heavy atom. The standard InChI is InChI=1S/C13H22N2O2/c1-13(2,3)17-12(16)15-6-9-4-8-5-14-11(8)10(9)7-15/h8-11,14H,4-7H2,1-3H3/t8-,9-,10+,11+/m1/s1. The van der Waals surface area contributed by atoms with Crippen molar-refractivity contribution in [3.8, 4) is 0 Å². The zero-order valence-electron chi connectivity index (χ0n) is 10.9. The Kier molecular flexibility index (Phi) is 2.41. The van der Waals surface area contributed by atoms with E-state index in [1.165, 1.54) is 13.0 Å². The molecule has 2 heterocycles. The molecule has 1 aliphatic carbocycles. The Bertz CT molecular complexity index is 337. The van der Waals surface area contributed by atoms with Crippen molar-refractivity contribution in [2.75, 3.05) is 19.6 Å². The van der Waals surface area contributed by atoms with Crippen LogP contribution in [0.1, 0.15) is 27.2 Å². The molecule has 96 valence electrons. The lowest BCUT2D eigenvalue weighted by molar-refractivity contribution is 0.0267. The molecule has 0 unspecified atom stereocenters. The van der Waals surface area contributed by atoms with Gasteiger partial charge in [-0.25, -0.2) is 4.79 Å². The number of fused-ring (bicyclic) bond motifs is 3. The molecule has 0 aromatic heterocycles. The Balaban J connectivity index is 1.60. The number of nitrogens with one attached hydrogen (secondary N) is 1. The monoisotopic (exact) mass is 238 g/mol. The van der Waals surface area contributed by atoms with Crippen LogP contribution in [0.4, 0.5) is 4.79 Å². The Hall–Kier alpha value is -0.770. The third-order valence-corrected chi connectivity index (χ3v) is 4.33. The highest BCUT2D eigenvalue weighted by Crippen LogP contribution is 2.45. The maximum Gasteiger partial charge on any atom is 0.410 e. The van der Waals surface area contributed by atoms with Crippen LogP contribution in [0.3, 0.4) is 0 Å². The first-order valence-corrected chi connectivity index (χ1v) is 6.65. The number of nitrogens with zero attached hydrogens (tertiary/aromatic N) is 1. The molecule has 0 aromatic carbocycles. The fourth-order valence-electron chi connectivity index (χ4n) is 3.57. The Morgan fingerprint density at radius 3 is 2.65 bits per heavy atom. The molecule has 3 fully saturated rings. The van der Waals surface area contributed by atoms with Crippen LogP contribution in [-0.2, 0) is 4.74 Å². The number of rotatable bonds is 0. The second kappa shape index (κ2) is 3.61. The van der Waals surface area contributed by atoms with Crippen LogP contribution < -0.4 is 5.32 Å². The van der Waals surface area contributed by atoms with Gasteiger partial charge in [0.1, 0.15) is 5.60 Å². The molecule has 3 rings (SSSR count). The summed E-state index contributed by atoms with van der Waals surface area (Å²) in [5.41, 5.74) is -0.383. The fourth-order valence-corrected chi connectivity index (χ4v) is 3.57. The van der Waals surface area contributed by atoms with Crippen molar-refractivity contribution in [2.24, 2.45) is 17.8 Å². The molecule has 1 saturated carbocycles. The van der Waals surface area contributed by atoms with Crippen molar-refractivity contribution in [2.45, 2.75) is 38.8 Å².